The lowest BCUT2D eigenvalue weighted by Crippen LogP contribution is -2.43. The molecule has 1 aromatic rings. The van der Waals surface area contributed by atoms with Gasteiger partial charge in [-0.3, -0.25) is 0 Å². The van der Waals surface area contributed by atoms with Gasteiger partial charge in [-0.1, -0.05) is 12.8 Å². The van der Waals surface area contributed by atoms with Gasteiger partial charge in [0.15, 0.2) is 0 Å². The molecule has 7 nitrogen and oxygen atoms in total. The summed E-state index contributed by atoms with van der Waals surface area (Å²) in [5.41, 5.74) is 1.16. The standard InChI is InChI=1S/C23H45N3O4Si/c1-27-23-14-12-22(13-15-23)26-20-8-6-5-7-16-24-17-9-10-18-25-19-11-21-31(28-2,29-3)30-4/h12-15,24-26H,5-11,16-21H2,1-4H3. The van der Waals surface area contributed by atoms with Crippen molar-refractivity contribution in [2.24, 2.45) is 0 Å². The van der Waals surface area contributed by atoms with Crippen LogP contribution in [-0.2, 0) is 13.3 Å². The molecule has 0 aliphatic rings. The number of unbranched alkanes of at least 4 members (excludes halogenated alkanes) is 4. The van der Waals surface area contributed by atoms with Crippen molar-refractivity contribution in [3.05, 3.63) is 24.3 Å². The van der Waals surface area contributed by atoms with Gasteiger partial charge in [-0.2, -0.15) is 0 Å². The third-order valence-electron chi connectivity index (χ3n) is 5.43. The number of benzene rings is 1. The second-order valence-corrected chi connectivity index (χ2v) is 10.8. The fourth-order valence-corrected chi connectivity index (χ4v) is 5.13. The van der Waals surface area contributed by atoms with Crippen LogP contribution < -0.4 is 20.7 Å². The summed E-state index contributed by atoms with van der Waals surface area (Å²) in [6.07, 6.45) is 8.44. The fraction of sp³-hybridized carbons (Fsp3) is 0.739. The van der Waals surface area contributed by atoms with Gasteiger partial charge >= 0.3 is 8.80 Å². The predicted octanol–water partition coefficient (Wildman–Crippen LogP) is 3.90. The van der Waals surface area contributed by atoms with E-state index < -0.39 is 8.80 Å². The summed E-state index contributed by atoms with van der Waals surface area (Å²) in [5.74, 6) is 0.898. The van der Waals surface area contributed by atoms with Gasteiger partial charge in [-0.15, -0.1) is 0 Å². The molecule has 0 aliphatic carbocycles. The Balaban J connectivity index is 1.81. The Kier molecular flexibility index (Phi) is 16.6. The molecule has 0 heterocycles. The Morgan fingerprint density at radius 1 is 0.613 bits per heavy atom. The van der Waals surface area contributed by atoms with Crippen LogP contribution in [0.3, 0.4) is 0 Å². The third kappa shape index (κ3) is 13.1. The quantitative estimate of drug-likeness (QED) is 0.192. The first-order valence-corrected chi connectivity index (χ1v) is 13.6. The molecular weight excluding hydrogens is 410 g/mol. The Hall–Kier alpha value is -1.16. The number of anilines is 1. The van der Waals surface area contributed by atoms with Gasteiger partial charge in [-0.05, 0) is 82.5 Å². The van der Waals surface area contributed by atoms with Gasteiger partial charge in [0.05, 0.1) is 7.11 Å². The smallest absolute Gasteiger partial charge is 0.497 e. The maximum atomic E-state index is 5.43. The molecule has 0 fully saturated rings. The maximum absolute atomic E-state index is 5.43. The third-order valence-corrected chi connectivity index (χ3v) is 8.26. The summed E-state index contributed by atoms with van der Waals surface area (Å²) in [6.45, 7) is 5.29. The summed E-state index contributed by atoms with van der Waals surface area (Å²) in [4.78, 5) is 0. The van der Waals surface area contributed by atoms with Gasteiger partial charge in [0.1, 0.15) is 5.75 Å². The highest BCUT2D eigenvalue weighted by molar-refractivity contribution is 6.60. The van der Waals surface area contributed by atoms with Gasteiger partial charge in [0.25, 0.3) is 0 Å². The normalized spacial score (nSPS) is 11.6. The molecule has 8 heteroatoms. The molecule has 3 N–H and O–H groups in total. The minimum Gasteiger partial charge on any atom is -0.497 e. The van der Waals surface area contributed by atoms with Crippen LogP contribution in [-0.4, -0.2) is 70.0 Å². The zero-order valence-corrected chi connectivity index (χ0v) is 21.1. The van der Waals surface area contributed by atoms with E-state index >= 15 is 0 Å². The zero-order valence-electron chi connectivity index (χ0n) is 20.1. The highest BCUT2D eigenvalue weighted by atomic mass is 28.4. The van der Waals surface area contributed by atoms with E-state index in [2.05, 4.69) is 28.1 Å². The van der Waals surface area contributed by atoms with E-state index in [1.54, 1.807) is 28.4 Å². The number of ether oxygens (including phenoxy) is 1. The zero-order chi connectivity index (χ0) is 22.6. The predicted molar refractivity (Wildman–Crippen MR) is 131 cm³/mol. The molecule has 1 rings (SSSR count). The number of nitrogens with one attached hydrogen (secondary N) is 3. The Bertz CT molecular complexity index is 522. The van der Waals surface area contributed by atoms with Crippen LogP contribution in [0.1, 0.15) is 44.9 Å². The Morgan fingerprint density at radius 3 is 1.61 bits per heavy atom. The average molecular weight is 456 g/mol. The first kappa shape index (κ1) is 27.9. The average Bonchev–Trinajstić information content (AvgIpc) is 2.82. The number of hydrogen-bond donors (Lipinski definition) is 3. The van der Waals surface area contributed by atoms with E-state index in [4.69, 9.17) is 18.0 Å². The van der Waals surface area contributed by atoms with Crippen molar-refractivity contribution in [2.75, 3.05) is 66.5 Å². The molecule has 0 spiro atoms. The SMILES string of the molecule is COc1ccc(NCCCCCCNCCCCNCCC[Si](OC)(OC)OC)cc1. The van der Waals surface area contributed by atoms with Crippen LogP contribution in [0.4, 0.5) is 5.69 Å². The minimum atomic E-state index is -2.40. The lowest BCUT2D eigenvalue weighted by atomic mass is 10.2. The van der Waals surface area contributed by atoms with Crippen molar-refractivity contribution >= 4 is 14.5 Å². The van der Waals surface area contributed by atoms with Crippen molar-refractivity contribution in [1.29, 1.82) is 0 Å². The molecular formula is C23H45N3O4Si. The van der Waals surface area contributed by atoms with Crippen molar-refractivity contribution < 1.29 is 18.0 Å². The number of hydrogen-bond acceptors (Lipinski definition) is 7. The molecule has 0 radical (unpaired) electrons. The van der Waals surface area contributed by atoms with E-state index in [1.807, 2.05) is 12.1 Å². The molecule has 0 atom stereocenters. The highest BCUT2D eigenvalue weighted by Gasteiger charge is 2.36. The monoisotopic (exact) mass is 455 g/mol. The molecule has 31 heavy (non-hydrogen) atoms. The molecule has 0 saturated carbocycles. The van der Waals surface area contributed by atoms with Crippen LogP contribution in [0.25, 0.3) is 0 Å². The molecule has 0 unspecified atom stereocenters. The molecule has 0 aliphatic heterocycles. The minimum absolute atomic E-state index is 0.850. The second-order valence-electron chi connectivity index (χ2n) is 7.68. The van der Waals surface area contributed by atoms with Crippen LogP contribution in [0.15, 0.2) is 24.3 Å². The first-order valence-electron chi connectivity index (χ1n) is 11.6. The summed E-state index contributed by atoms with van der Waals surface area (Å²) < 4.78 is 21.5. The van der Waals surface area contributed by atoms with Crippen molar-refractivity contribution in [3.8, 4) is 5.75 Å². The first-order chi connectivity index (χ1) is 15.2. The van der Waals surface area contributed by atoms with Crippen LogP contribution in [0.5, 0.6) is 5.75 Å². The Morgan fingerprint density at radius 2 is 1.10 bits per heavy atom. The van der Waals surface area contributed by atoms with Gasteiger partial charge in [0, 0.05) is 39.6 Å². The van der Waals surface area contributed by atoms with E-state index in [9.17, 15) is 0 Å². The van der Waals surface area contributed by atoms with Gasteiger partial charge in [-0.25, -0.2) is 0 Å². The van der Waals surface area contributed by atoms with Crippen LogP contribution in [0.2, 0.25) is 6.04 Å². The van der Waals surface area contributed by atoms with Crippen LogP contribution in [0, 0.1) is 0 Å². The molecule has 180 valence electrons. The lowest BCUT2D eigenvalue weighted by molar-refractivity contribution is 0.123. The van der Waals surface area contributed by atoms with Gasteiger partial charge < -0.3 is 34.0 Å². The van der Waals surface area contributed by atoms with Crippen molar-refractivity contribution in [1.82, 2.24) is 10.6 Å². The van der Waals surface area contributed by atoms with Crippen molar-refractivity contribution in [3.63, 3.8) is 0 Å². The topological polar surface area (TPSA) is 73.0 Å². The Labute approximate surface area is 190 Å². The molecule has 0 bridgehead atoms. The molecule has 1 aromatic carbocycles. The van der Waals surface area contributed by atoms with E-state index in [1.165, 1.54) is 38.5 Å². The van der Waals surface area contributed by atoms with Crippen molar-refractivity contribution in [2.45, 2.75) is 51.0 Å². The van der Waals surface area contributed by atoms with E-state index in [-0.39, 0.29) is 0 Å². The van der Waals surface area contributed by atoms with E-state index in [0.717, 1.165) is 56.6 Å². The summed E-state index contributed by atoms with van der Waals surface area (Å²) in [5, 5.41) is 10.5. The number of methoxy groups -OCH3 is 1. The lowest BCUT2D eigenvalue weighted by Gasteiger charge is -2.24. The summed E-state index contributed by atoms with van der Waals surface area (Å²) in [6, 6.07) is 8.95. The maximum Gasteiger partial charge on any atom is 0.500 e. The van der Waals surface area contributed by atoms with Crippen LogP contribution >= 0.6 is 0 Å². The van der Waals surface area contributed by atoms with Gasteiger partial charge in [0.2, 0.25) is 0 Å². The highest BCUT2D eigenvalue weighted by Crippen LogP contribution is 2.15. The summed E-state index contributed by atoms with van der Waals surface area (Å²) in [7, 11) is 4.30. The number of rotatable bonds is 21. The molecule has 0 aromatic heterocycles. The molecule has 0 amide bonds. The van der Waals surface area contributed by atoms with E-state index in [0.29, 0.717) is 0 Å². The fourth-order valence-electron chi connectivity index (χ4n) is 3.41. The second kappa shape index (κ2) is 18.4. The molecule has 0 saturated heterocycles. The largest absolute Gasteiger partial charge is 0.500 e. The summed E-state index contributed by atoms with van der Waals surface area (Å²) >= 11 is 0.